The summed E-state index contributed by atoms with van der Waals surface area (Å²) in [5.41, 5.74) is 3.85. The Bertz CT molecular complexity index is 625. The van der Waals surface area contributed by atoms with Gasteiger partial charge in [-0.05, 0) is 43.4 Å². The molecule has 3 nitrogen and oxygen atoms in total. The molecule has 1 aromatic heterocycles. The van der Waals surface area contributed by atoms with Crippen LogP contribution in [0.3, 0.4) is 0 Å². The minimum Gasteiger partial charge on any atom is -0.347 e. The van der Waals surface area contributed by atoms with Gasteiger partial charge in [-0.25, -0.2) is 0 Å². The molecule has 0 spiro atoms. The van der Waals surface area contributed by atoms with E-state index in [4.69, 9.17) is 0 Å². The molecule has 106 valence electrons. The molecule has 0 N–H and O–H groups in total. The smallest absolute Gasteiger partial charge is 0.210 e. The molecule has 1 saturated carbocycles. The lowest BCUT2D eigenvalue weighted by atomic mass is 10.1. The lowest BCUT2D eigenvalue weighted by molar-refractivity contribution is -0.119. The van der Waals surface area contributed by atoms with Gasteiger partial charge in [-0.2, -0.15) is 0 Å². The first-order chi connectivity index (χ1) is 9.72. The Morgan fingerprint density at radius 2 is 2.20 bits per heavy atom. The number of aryl methyl sites for hydroxylation is 2. The molecular weight excluding hydrogens is 248 g/mol. The molecule has 1 fully saturated rings. The van der Waals surface area contributed by atoms with E-state index in [2.05, 4.69) is 42.8 Å². The van der Waals surface area contributed by atoms with Gasteiger partial charge in [0.15, 0.2) is 0 Å². The third-order valence-corrected chi connectivity index (χ3v) is 4.13. The minimum atomic E-state index is 0.479. The number of hydrogen-bond acceptors (Lipinski definition) is 1. The zero-order valence-corrected chi connectivity index (χ0v) is 12.3. The van der Waals surface area contributed by atoms with E-state index in [0.717, 1.165) is 38.8 Å². The molecular formula is C17H22N2O. The molecule has 20 heavy (non-hydrogen) atoms. The van der Waals surface area contributed by atoms with E-state index in [9.17, 15) is 4.79 Å². The number of aromatic nitrogens is 1. The van der Waals surface area contributed by atoms with Gasteiger partial charge in [0.1, 0.15) is 0 Å². The minimum absolute atomic E-state index is 0.479. The van der Waals surface area contributed by atoms with Gasteiger partial charge in [0.05, 0.1) is 0 Å². The van der Waals surface area contributed by atoms with Crippen molar-refractivity contribution in [3.63, 3.8) is 0 Å². The van der Waals surface area contributed by atoms with Crippen molar-refractivity contribution in [1.29, 1.82) is 0 Å². The van der Waals surface area contributed by atoms with Crippen molar-refractivity contribution >= 4 is 17.3 Å². The Morgan fingerprint density at radius 1 is 1.40 bits per heavy atom. The van der Waals surface area contributed by atoms with Gasteiger partial charge in [0, 0.05) is 36.2 Å². The van der Waals surface area contributed by atoms with Crippen molar-refractivity contribution in [1.82, 2.24) is 9.47 Å². The molecule has 3 heteroatoms. The van der Waals surface area contributed by atoms with E-state index in [1.165, 1.54) is 22.0 Å². The highest BCUT2D eigenvalue weighted by Gasteiger charge is 2.27. The third kappa shape index (κ3) is 2.45. The Labute approximate surface area is 120 Å². The molecule has 1 amide bonds. The molecule has 2 aromatic rings. The van der Waals surface area contributed by atoms with Gasteiger partial charge in [0.2, 0.25) is 6.41 Å². The van der Waals surface area contributed by atoms with Crippen LogP contribution in [0.25, 0.3) is 10.9 Å². The normalized spacial score (nSPS) is 14.7. The first kappa shape index (κ1) is 13.2. The van der Waals surface area contributed by atoms with Crippen molar-refractivity contribution in [2.24, 2.45) is 0 Å². The standard InChI is InChI=1S/C17H22N2O/c1-3-8-18-10-13(2)16-7-4-14(9-17(16)18)11-19(12-20)15-5-6-15/h4,7,9-10,12,15H,3,5-6,8,11H2,1-2H3. The predicted molar refractivity (Wildman–Crippen MR) is 81.6 cm³/mol. The summed E-state index contributed by atoms with van der Waals surface area (Å²) in [6.07, 6.45) is 6.68. The lowest BCUT2D eigenvalue weighted by Gasteiger charge is -2.16. The number of carbonyl (C=O) groups is 1. The third-order valence-electron chi connectivity index (χ3n) is 4.13. The maximum absolute atomic E-state index is 11.1. The molecule has 0 unspecified atom stereocenters. The highest BCUT2D eigenvalue weighted by atomic mass is 16.1. The second-order valence-corrected chi connectivity index (χ2v) is 5.87. The first-order valence-corrected chi connectivity index (χ1v) is 7.52. The molecule has 1 aromatic carbocycles. The fourth-order valence-electron chi connectivity index (χ4n) is 2.91. The summed E-state index contributed by atoms with van der Waals surface area (Å²) in [6.45, 7) is 6.15. The summed E-state index contributed by atoms with van der Waals surface area (Å²) in [5.74, 6) is 0. The Balaban J connectivity index is 1.92. The fourth-order valence-corrected chi connectivity index (χ4v) is 2.91. The van der Waals surface area contributed by atoms with Crippen LogP contribution in [0.4, 0.5) is 0 Å². The topological polar surface area (TPSA) is 25.2 Å². The van der Waals surface area contributed by atoms with E-state index in [1.807, 2.05) is 4.90 Å². The monoisotopic (exact) mass is 270 g/mol. The van der Waals surface area contributed by atoms with Crippen LogP contribution >= 0.6 is 0 Å². The largest absolute Gasteiger partial charge is 0.347 e. The molecule has 0 bridgehead atoms. The average molecular weight is 270 g/mol. The number of rotatable bonds is 6. The number of carbonyl (C=O) groups excluding carboxylic acids is 1. The quantitative estimate of drug-likeness (QED) is 0.738. The molecule has 0 radical (unpaired) electrons. The first-order valence-electron chi connectivity index (χ1n) is 7.52. The van der Waals surface area contributed by atoms with Gasteiger partial charge >= 0.3 is 0 Å². The summed E-state index contributed by atoms with van der Waals surface area (Å²) >= 11 is 0. The van der Waals surface area contributed by atoms with Crippen LogP contribution in [0.1, 0.15) is 37.3 Å². The van der Waals surface area contributed by atoms with Gasteiger partial charge in [-0.15, -0.1) is 0 Å². The zero-order valence-electron chi connectivity index (χ0n) is 12.3. The number of fused-ring (bicyclic) bond motifs is 1. The van der Waals surface area contributed by atoms with E-state index in [0.29, 0.717) is 6.04 Å². The van der Waals surface area contributed by atoms with E-state index in [1.54, 1.807) is 0 Å². The van der Waals surface area contributed by atoms with Crippen molar-refractivity contribution < 1.29 is 4.79 Å². The van der Waals surface area contributed by atoms with Crippen LogP contribution in [0.15, 0.2) is 24.4 Å². The average Bonchev–Trinajstić information content (AvgIpc) is 3.24. The maximum atomic E-state index is 11.1. The Hall–Kier alpha value is -1.77. The molecule has 0 aliphatic heterocycles. The number of hydrogen-bond donors (Lipinski definition) is 0. The van der Waals surface area contributed by atoms with E-state index < -0.39 is 0 Å². The van der Waals surface area contributed by atoms with Crippen molar-refractivity contribution in [3.8, 4) is 0 Å². The van der Waals surface area contributed by atoms with Gasteiger partial charge in [-0.3, -0.25) is 4.79 Å². The highest BCUT2D eigenvalue weighted by molar-refractivity contribution is 5.84. The number of benzene rings is 1. The zero-order chi connectivity index (χ0) is 14.1. The van der Waals surface area contributed by atoms with Crippen LogP contribution in [-0.2, 0) is 17.9 Å². The van der Waals surface area contributed by atoms with Gasteiger partial charge < -0.3 is 9.47 Å². The van der Waals surface area contributed by atoms with Crippen molar-refractivity contribution in [2.45, 2.75) is 52.2 Å². The second kappa shape index (κ2) is 5.31. The lowest BCUT2D eigenvalue weighted by Crippen LogP contribution is -2.23. The molecule has 1 heterocycles. The highest BCUT2D eigenvalue weighted by Crippen LogP contribution is 2.28. The summed E-state index contributed by atoms with van der Waals surface area (Å²) in [5, 5.41) is 1.33. The van der Waals surface area contributed by atoms with Crippen LogP contribution in [0, 0.1) is 6.92 Å². The number of nitrogens with zero attached hydrogens (tertiary/aromatic N) is 2. The number of amides is 1. The molecule has 3 rings (SSSR count). The molecule has 1 aliphatic carbocycles. The second-order valence-electron chi connectivity index (χ2n) is 5.87. The summed E-state index contributed by atoms with van der Waals surface area (Å²) < 4.78 is 2.33. The van der Waals surface area contributed by atoms with Crippen LogP contribution in [0.5, 0.6) is 0 Å². The summed E-state index contributed by atoms with van der Waals surface area (Å²) in [6, 6.07) is 7.08. The fraction of sp³-hybridized carbons (Fsp3) is 0.471. The van der Waals surface area contributed by atoms with Crippen molar-refractivity contribution in [2.75, 3.05) is 0 Å². The van der Waals surface area contributed by atoms with Crippen LogP contribution < -0.4 is 0 Å². The van der Waals surface area contributed by atoms with Crippen LogP contribution in [0.2, 0.25) is 0 Å². The van der Waals surface area contributed by atoms with E-state index in [-0.39, 0.29) is 0 Å². The van der Waals surface area contributed by atoms with Crippen LogP contribution in [-0.4, -0.2) is 21.9 Å². The Kier molecular flexibility index (Phi) is 3.51. The molecule has 1 aliphatic rings. The summed E-state index contributed by atoms with van der Waals surface area (Å²) in [7, 11) is 0. The van der Waals surface area contributed by atoms with Gasteiger partial charge in [0.25, 0.3) is 0 Å². The maximum Gasteiger partial charge on any atom is 0.210 e. The Morgan fingerprint density at radius 3 is 2.85 bits per heavy atom. The molecule has 0 atom stereocenters. The van der Waals surface area contributed by atoms with Gasteiger partial charge in [-0.1, -0.05) is 19.1 Å². The summed E-state index contributed by atoms with van der Waals surface area (Å²) in [4.78, 5) is 13.1. The van der Waals surface area contributed by atoms with E-state index >= 15 is 0 Å². The molecule has 0 saturated heterocycles. The predicted octanol–water partition coefficient (Wildman–Crippen LogP) is 3.48. The SMILES string of the molecule is CCCn1cc(C)c2ccc(CN(C=O)C3CC3)cc21. The van der Waals surface area contributed by atoms with Crippen molar-refractivity contribution in [3.05, 3.63) is 35.5 Å².